The summed E-state index contributed by atoms with van der Waals surface area (Å²) in [6.07, 6.45) is 1.41. The Labute approximate surface area is 218 Å². The van der Waals surface area contributed by atoms with Gasteiger partial charge in [-0.2, -0.15) is 10.1 Å². The maximum Gasteiger partial charge on any atom is 0.270 e. The van der Waals surface area contributed by atoms with Crippen LogP contribution in [-0.4, -0.2) is 54.3 Å². The quantitative estimate of drug-likeness (QED) is 0.231. The molecule has 9 nitrogen and oxygen atoms in total. The number of imide groups is 1. The molecule has 2 atom stereocenters. The highest BCUT2D eigenvalue weighted by Crippen LogP contribution is 2.60. The molecule has 2 heterocycles. The fourth-order valence-electron chi connectivity index (χ4n) is 6.75. The number of carbonyl (C=O) groups excluding carboxylic acids is 2. The van der Waals surface area contributed by atoms with Crippen molar-refractivity contribution in [2.45, 2.75) is 11.8 Å². The average molecular weight is 509 g/mol. The summed E-state index contributed by atoms with van der Waals surface area (Å²) in [5.74, 6) is -2.13. The van der Waals surface area contributed by atoms with Gasteiger partial charge in [0.2, 0.25) is 0 Å². The lowest BCUT2D eigenvalue weighted by Gasteiger charge is -2.45. The van der Waals surface area contributed by atoms with E-state index in [1.165, 1.54) is 18.3 Å². The molecular weight excluding hydrogens is 484 g/mol. The van der Waals surface area contributed by atoms with Gasteiger partial charge in [-0.1, -0.05) is 48.5 Å². The first-order chi connectivity index (χ1) is 18.5. The van der Waals surface area contributed by atoms with Crippen molar-refractivity contribution in [3.8, 4) is 0 Å². The highest BCUT2D eigenvalue weighted by molar-refractivity contribution is 6.08. The van der Waals surface area contributed by atoms with E-state index < -0.39 is 16.8 Å². The van der Waals surface area contributed by atoms with Gasteiger partial charge in [-0.15, -0.1) is 0 Å². The molecule has 3 aliphatic carbocycles. The Balaban J connectivity index is 1.28. The number of non-ortho nitro benzene ring substituents is 1. The zero-order chi connectivity index (χ0) is 26.0. The molecular formula is C29H24N4O5. The van der Waals surface area contributed by atoms with Crippen LogP contribution in [0.25, 0.3) is 0 Å². The van der Waals surface area contributed by atoms with Crippen molar-refractivity contribution in [2.75, 3.05) is 31.2 Å². The maximum atomic E-state index is 13.8. The molecule has 2 saturated heterocycles. The zero-order valence-electron chi connectivity index (χ0n) is 20.4. The molecule has 8 rings (SSSR count). The van der Waals surface area contributed by atoms with E-state index in [-0.39, 0.29) is 29.3 Å². The van der Waals surface area contributed by atoms with Gasteiger partial charge in [-0.3, -0.25) is 19.7 Å². The summed E-state index contributed by atoms with van der Waals surface area (Å²) < 4.78 is 5.44. The van der Waals surface area contributed by atoms with Gasteiger partial charge in [0.1, 0.15) is 0 Å². The van der Waals surface area contributed by atoms with Crippen LogP contribution in [0.15, 0.2) is 71.8 Å². The van der Waals surface area contributed by atoms with Crippen molar-refractivity contribution in [1.29, 1.82) is 0 Å². The molecule has 0 saturated carbocycles. The zero-order valence-corrected chi connectivity index (χ0v) is 20.4. The molecule has 0 radical (unpaired) electrons. The monoisotopic (exact) mass is 508 g/mol. The molecule has 2 aliphatic heterocycles. The normalized spacial score (nSPS) is 25.5. The van der Waals surface area contributed by atoms with Crippen LogP contribution < -0.4 is 4.90 Å². The summed E-state index contributed by atoms with van der Waals surface area (Å²) in [6, 6.07) is 20.7. The van der Waals surface area contributed by atoms with Crippen molar-refractivity contribution >= 4 is 29.4 Å². The van der Waals surface area contributed by atoms with E-state index in [1.807, 2.05) is 24.3 Å². The third-order valence-electron chi connectivity index (χ3n) is 8.31. The molecule has 0 spiro atoms. The average Bonchev–Trinajstić information content (AvgIpc) is 3.21. The number of ether oxygens (including phenoxy) is 1. The van der Waals surface area contributed by atoms with E-state index in [0.717, 1.165) is 33.0 Å². The predicted octanol–water partition coefficient (Wildman–Crippen LogP) is 3.66. The molecule has 38 heavy (non-hydrogen) atoms. The van der Waals surface area contributed by atoms with Crippen LogP contribution >= 0.6 is 0 Å². The highest BCUT2D eigenvalue weighted by atomic mass is 16.6. The molecule has 2 amide bonds. The summed E-state index contributed by atoms with van der Waals surface area (Å²) in [5, 5.41) is 16.9. The number of nitro benzene ring substituents is 1. The first-order valence-corrected chi connectivity index (χ1v) is 12.7. The molecule has 0 aromatic heterocycles. The van der Waals surface area contributed by atoms with E-state index in [0.29, 0.717) is 31.9 Å². The van der Waals surface area contributed by atoms with Crippen LogP contribution in [0.2, 0.25) is 0 Å². The topological polar surface area (TPSA) is 105 Å². The predicted molar refractivity (Wildman–Crippen MR) is 139 cm³/mol. The van der Waals surface area contributed by atoms with Crippen LogP contribution in [-0.2, 0) is 14.3 Å². The second kappa shape index (κ2) is 8.59. The van der Waals surface area contributed by atoms with E-state index in [9.17, 15) is 19.7 Å². The Morgan fingerprint density at radius 2 is 1.37 bits per heavy atom. The number of nitrogens with zero attached hydrogens (tertiary/aromatic N) is 4. The number of hydrogen-bond donors (Lipinski definition) is 0. The summed E-state index contributed by atoms with van der Waals surface area (Å²) in [5.41, 5.74) is 5.52. The van der Waals surface area contributed by atoms with Crippen molar-refractivity contribution in [2.24, 2.45) is 16.9 Å². The Bertz CT molecular complexity index is 1410. The lowest BCUT2D eigenvalue weighted by atomic mass is 9.55. The number of hydrogen-bond acceptors (Lipinski definition) is 7. The molecule has 2 bridgehead atoms. The minimum absolute atomic E-state index is 0.0832. The third kappa shape index (κ3) is 3.24. The number of carbonyl (C=O) groups is 2. The van der Waals surface area contributed by atoms with Gasteiger partial charge in [-0.05, 0) is 28.3 Å². The second-order valence-electron chi connectivity index (χ2n) is 10.1. The molecule has 3 aromatic carbocycles. The van der Waals surface area contributed by atoms with Gasteiger partial charge in [-0.25, -0.2) is 0 Å². The van der Waals surface area contributed by atoms with E-state index in [2.05, 4.69) is 34.3 Å². The molecule has 190 valence electrons. The first kappa shape index (κ1) is 22.8. The van der Waals surface area contributed by atoms with E-state index >= 15 is 0 Å². The van der Waals surface area contributed by atoms with Gasteiger partial charge < -0.3 is 9.64 Å². The third-order valence-corrected chi connectivity index (χ3v) is 8.31. The highest BCUT2D eigenvalue weighted by Gasteiger charge is 2.61. The van der Waals surface area contributed by atoms with Crippen molar-refractivity contribution < 1.29 is 19.2 Å². The van der Waals surface area contributed by atoms with Crippen LogP contribution in [0.5, 0.6) is 0 Å². The number of hydrazone groups is 1. The molecule has 0 unspecified atom stereocenters. The molecule has 3 aromatic rings. The number of anilines is 1. The minimum Gasteiger partial charge on any atom is -0.378 e. The van der Waals surface area contributed by atoms with Crippen molar-refractivity contribution in [3.05, 3.63) is 105 Å². The number of benzene rings is 3. The fourth-order valence-corrected chi connectivity index (χ4v) is 6.75. The summed E-state index contributed by atoms with van der Waals surface area (Å²) in [7, 11) is 0. The van der Waals surface area contributed by atoms with Crippen LogP contribution in [0.1, 0.15) is 39.7 Å². The SMILES string of the molecule is O=C1[C@@H]2C3c4ccccc4C(c4ccccc43)[C@H]2C(=O)N1/N=C\c1cc([N+](=O)[O-])ccc1N1CCOCC1. The Hall–Kier alpha value is -4.37. The van der Waals surface area contributed by atoms with Gasteiger partial charge in [0.25, 0.3) is 17.5 Å². The lowest BCUT2D eigenvalue weighted by Crippen LogP contribution is -2.41. The van der Waals surface area contributed by atoms with Gasteiger partial charge >= 0.3 is 0 Å². The maximum absolute atomic E-state index is 13.8. The van der Waals surface area contributed by atoms with Crippen molar-refractivity contribution in [3.63, 3.8) is 0 Å². The number of rotatable bonds is 4. The summed E-state index contributed by atoms with van der Waals surface area (Å²) in [4.78, 5) is 40.7. The largest absolute Gasteiger partial charge is 0.378 e. The smallest absolute Gasteiger partial charge is 0.270 e. The first-order valence-electron chi connectivity index (χ1n) is 12.7. The Morgan fingerprint density at radius 1 is 0.842 bits per heavy atom. The number of morpholine rings is 1. The van der Waals surface area contributed by atoms with Crippen LogP contribution in [0, 0.1) is 22.0 Å². The van der Waals surface area contributed by atoms with Gasteiger partial charge in [0.05, 0.1) is 36.2 Å². The summed E-state index contributed by atoms with van der Waals surface area (Å²) >= 11 is 0. The van der Waals surface area contributed by atoms with Crippen molar-refractivity contribution in [1.82, 2.24) is 5.01 Å². The summed E-state index contributed by atoms with van der Waals surface area (Å²) in [6.45, 7) is 2.35. The second-order valence-corrected chi connectivity index (χ2v) is 10.1. The van der Waals surface area contributed by atoms with Crippen LogP contribution in [0.4, 0.5) is 11.4 Å². The number of nitro groups is 1. The fraction of sp³-hybridized carbons (Fsp3) is 0.276. The molecule has 9 heteroatoms. The van der Waals surface area contributed by atoms with Crippen LogP contribution in [0.3, 0.4) is 0 Å². The Morgan fingerprint density at radius 3 is 1.87 bits per heavy atom. The lowest BCUT2D eigenvalue weighted by molar-refractivity contribution is -0.384. The molecule has 5 aliphatic rings. The van der Waals surface area contributed by atoms with E-state index in [4.69, 9.17) is 4.74 Å². The molecule has 2 fully saturated rings. The Kier molecular flexibility index (Phi) is 5.16. The minimum atomic E-state index is -0.529. The van der Waals surface area contributed by atoms with Gasteiger partial charge in [0.15, 0.2) is 0 Å². The van der Waals surface area contributed by atoms with Gasteiger partial charge in [0, 0.05) is 48.3 Å². The standard InChI is InChI=1S/C29H24N4O5/c34-28-26-24-19-5-1-2-6-20(19)25(22-8-4-3-7-21(22)24)27(26)29(35)32(28)30-16-17-15-18(33(36)37)9-10-23(17)31-11-13-38-14-12-31/h1-10,15-16,24-27H,11-14H2/b30-16-/t24?,25?,26-,27-/m1/s1. The van der Waals surface area contributed by atoms with E-state index in [1.54, 1.807) is 6.07 Å². The number of amides is 2. The molecule has 0 N–H and O–H groups in total.